The van der Waals surface area contributed by atoms with Crippen molar-refractivity contribution < 1.29 is 9.21 Å². The first-order valence-corrected chi connectivity index (χ1v) is 12.8. The number of rotatable bonds is 10. The van der Waals surface area contributed by atoms with Crippen LogP contribution in [0.25, 0.3) is 11.6 Å². The molecule has 0 saturated carbocycles. The van der Waals surface area contributed by atoms with E-state index in [0.717, 1.165) is 5.56 Å². The predicted octanol–water partition coefficient (Wildman–Crippen LogP) is 5.63. The zero-order valence-corrected chi connectivity index (χ0v) is 20.5. The summed E-state index contributed by atoms with van der Waals surface area (Å²) in [4.78, 5) is 12.9. The van der Waals surface area contributed by atoms with E-state index in [-0.39, 0.29) is 17.6 Å². The van der Waals surface area contributed by atoms with E-state index in [2.05, 4.69) is 51.9 Å². The van der Waals surface area contributed by atoms with Crippen LogP contribution in [0.5, 0.6) is 0 Å². The lowest BCUT2D eigenvalue weighted by molar-refractivity contribution is -0.118. The highest BCUT2D eigenvalue weighted by molar-refractivity contribution is 7.99. The van der Waals surface area contributed by atoms with E-state index < -0.39 is 0 Å². The number of amides is 1. The minimum Gasteiger partial charge on any atom is -0.461 e. The molecule has 5 rings (SSSR count). The Balaban J connectivity index is 1.28. The minimum absolute atomic E-state index is 0.0503. The minimum atomic E-state index is -0.0503. The van der Waals surface area contributed by atoms with Crippen molar-refractivity contribution in [3.05, 3.63) is 126 Å². The molecule has 0 spiro atoms. The summed E-state index contributed by atoms with van der Waals surface area (Å²) in [6.07, 6.45) is 1.62. The van der Waals surface area contributed by atoms with Gasteiger partial charge in [0, 0.05) is 12.5 Å². The van der Waals surface area contributed by atoms with Crippen molar-refractivity contribution in [1.82, 2.24) is 20.1 Å². The van der Waals surface area contributed by atoms with Gasteiger partial charge >= 0.3 is 0 Å². The van der Waals surface area contributed by atoms with Crippen LogP contribution in [0.1, 0.15) is 22.6 Å². The Labute approximate surface area is 214 Å². The quantitative estimate of drug-likeness (QED) is 0.255. The molecule has 0 saturated heterocycles. The SMILES string of the molecule is O=C(CSc1nnc(-c2ccco2)n1Cc1ccccc1)NCC(c1ccccc1)c1ccccc1. The number of aromatic nitrogens is 3. The molecule has 36 heavy (non-hydrogen) atoms. The van der Waals surface area contributed by atoms with E-state index in [9.17, 15) is 4.79 Å². The Morgan fingerprint density at radius 3 is 2.08 bits per heavy atom. The van der Waals surface area contributed by atoms with Crippen LogP contribution in [0.3, 0.4) is 0 Å². The molecule has 180 valence electrons. The van der Waals surface area contributed by atoms with E-state index in [1.165, 1.54) is 22.9 Å². The summed E-state index contributed by atoms with van der Waals surface area (Å²) in [5.41, 5.74) is 3.45. The van der Waals surface area contributed by atoms with Gasteiger partial charge < -0.3 is 9.73 Å². The van der Waals surface area contributed by atoms with E-state index in [4.69, 9.17) is 4.42 Å². The second-order valence-corrected chi connectivity index (χ2v) is 9.26. The van der Waals surface area contributed by atoms with Gasteiger partial charge in [-0.3, -0.25) is 9.36 Å². The number of benzene rings is 3. The molecule has 0 radical (unpaired) electrons. The molecule has 1 amide bonds. The monoisotopic (exact) mass is 494 g/mol. The summed E-state index contributed by atoms with van der Waals surface area (Å²) < 4.78 is 7.56. The summed E-state index contributed by atoms with van der Waals surface area (Å²) in [5.74, 6) is 1.55. The third kappa shape index (κ3) is 5.75. The predicted molar refractivity (Wildman–Crippen MR) is 142 cm³/mol. The van der Waals surface area contributed by atoms with Crippen molar-refractivity contribution in [2.75, 3.05) is 12.3 Å². The summed E-state index contributed by atoms with van der Waals surface area (Å²) in [6.45, 7) is 1.10. The lowest BCUT2D eigenvalue weighted by Gasteiger charge is -2.19. The van der Waals surface area contributed by atoms with Crippen LogP contribution in [0.2, 0.25) is 0 Å². The Kier molecular flexibility index (Phi) is 7.58. The number of furan rings is 1. The van der Waals surface area contributed by atoms with Crippen molar-refractivity contribution in [2.24, 2.45) is 0 Å². The van der Waals surface area contributed by atoms with Crippen LogP contribution in [-0.2, 0) is 11.3 Å². The molecule has 0 unspecified atom stereocenters. The van der Waals surface area contributed by atoms with Gasteiger partial charge in [0.05, 0.1) is 18.6 Å². The molecule has 0 aliphatic carbocycles. The summed E-state index contributed by atoms with van der Waals surface area (Å²) in [7, 11) is 0. The van der Waals surface area contributed by atoms with Crippen molar-refractivity contribution in [3.8, 4) is 11.6 Å². The first-order valence-electron chi connectivity index (χ1n) is 11.8. The summed E-state index contributed by atoms with van der Waals surface area (Å²) >= 11 is 1.37. The molecule has 0 bridgehead atoms. The van der Waals surface area contributed by atoms with Crippen LogP contribution in [0.4, 0.5) is 0 Å². The van der Waals surface area contributed by atoms with Gasteiger partial charge in [0.15, 0.2) is 10.9 Å². The van der Waals surface area contributed by atoms with Gasteiger partial charge in [-0.25, -0.2) is 0 Å². The van der Waals surface area contributed by atoms with Crippen LogP contribution >= 0.6 is 11.8 Å². The summed E-state index contributed by atoms with van der Waals surface area (Å²) in [5, 5.41) is 12.5. The molecular formula is C29H26N4O2S. The lowest BCUT2D eigenvalue weighted by Crippen LogP contribution is -2.30. The molecule has 2 aromatic heterocycles. The molecular weight excluding hydrogens is 468 g/mol. The van der Waals surface area contributed by atoms with Gasteiger partial charge in [-0.1, -0.05) is 103 Å². The van der Waals surface area contributed by atoms with Gasteiger partial charge in [0.1, 0.15) is 0 Å². The number of nitrogens with one attached hydrogen (secondary N) is 1. The fourth-order valence-electron chi connectivity index (χ4n) is 4.09. The smallest absolute Gasteiger partial charge is 0.230 e. The van der Waals surface area contributed by atoms with Crippen molar-refractivity contribution in [1.29, 1.82) is 0 Å². The fourth-order valence-corrected chi connectivity index (χ4v) is 4.86. The second-order valence-electron chi connectivity index (χ2n) is 8.32. The zero-order chi connectivity index (χ0) is 24.6. The van der Waals surface area contributed by atoms with Crippen molar-refractivity contribution >= 4 is 17.7 Å². The molecule has 0 aliphatic heterocycles. The number of thioether (sulfide) groups is 1. The van der Waals surface area contributed by atoms with E-state index in [1.807, 2.05) is 71.3 Å². The Morgan fingerprint density at radius 2 is 1.47 bits per heavy atom. The van der Waals surface area contributed by atoms with Gasteiger partial charge in [-0.2, -0.15) is 0 Å². The van der Waals surface area contributed by atoms with E-state index in [0.29, 0.717) is 29.8 Å². The lowest BCUT2D eigenvalue weighted by atomic mass is 9.91. The maximum Gasteiger partial charge on any atom is 0.230 e. The maximum absolute atomic E-state index is 12.9. The number of carbonyl (C=O) groups excluding carboxylic acids is 1. The van der Waals surface area contributed by atoms with E-state index in [1.54, 1.807) is 6.26 Å². The first-order chi connectivity index (χ1) is 17.8. The molecule has 0 atom stereocenters. The van der Waals surface area contributed by atoms with Crippen molar-refractivity contribution in [2.45, 2.75) is 17.6 Å². The average Bonchev–Trinajstić information content (AvgIpc) is 3.60. The molecule has 1 N–H and O–H groups in total. The van der Waals surface area contributed by atoms with Gasteiger partial charge in [0.2, 0.25) is 11.7 Å². The number of nitrogens with zero attached hydrogens (tertiary/aromatic N) is 3. The standard InChI is InChI=1S/C29H26N4O2S/c34-27(30-19-25(23-13-6-2-7-14-23)24-15-8-3-9-16-24)21-36-29-32-31-28(26-17-10-18-35-26)33(29)20-22-11-4-1-5-12-22/h1-18,25H,19-21H2,(H,30,34). The molecule has 0 fully saturated rings. The Hall–Kier alpha value is -4.10. The number of carbonyl (C=O) groups is 1. The molecule has 0 aliphatic rings. The molecule has 2 heterocycles. The Bertz CT molecular complexity index is 1330. The number of hydrogen-bond donors (Lipinski definition) is 1. The molecule has 3 aromatic carbocycles. The van der Waals surface area contributed by atoms with Crippen LogP contribution in [-0.4, -0.2) is 33.0 Å². The fraction of sp³-hybridized carbons (Fsp3) is 0.138. The topological polar surface area (TPSA) is 73.0 Å². The zero-order valence-electron chi connectivity index (χ0n) is 19.7. The number of hydrogen-bond acceptors (Lipinski definition) is 5. The Morgan fingerprint density at radius 1 is 0.833 bits per heavy atom. The van der Waals surface area contributed by atoms with Gasteiger partial charge in [-0.05, 0) is 28.8 Å². The normalized spacial score (nSPS) is 11.0. The average molecular weight is 495 g/mol. The van der Waals surface area contributed by atoms with E-state index >= 15 is 0 Å². The molecule has 5 aromatic rings. The highest BCUT2D eigenvalue weighted by atomic mass is 32.2. The molecule has 6 nitrogen and oxygen atoms in total. The third-order valence-corrected chi connectivity index (χ3v) is 6.85. The van der Waals surface area contributed by atoms with Crippen LogP contribution in [0, 0.1) is 0 Å². The van der Waals surface area contributed by atoms with Crippen LogP contribution < -0.4 is 5.32 Å². The van der Waals surface area contributed by atoms with Gasteiger partial charge in [-0.15, -0.1) is 10.2 Å². The van der Waals surface area contributed by atoms with Crippen LogP contribution in [0.15, 0.2) is 119 Å². The molecule has 7 heteroatoms. The largest absolute Gasteiger partial charge is 0.461 e. The first kappa shape index (κ1) is 23.6. The highest BCUT2D eigenvalue weighted by Crippen LogP contribution is 2.26. The van der Waals surface area contributed by atoms with Gasteiger partial charge in [0.25, 0.3) is 0 Å². The maximum atomic E-state index is 12.9. The second kappa shape index (κ2) is 11.6. The third-order valence-electron chi connectivity index (χ3n) is 5.88. The highest BCUT2D eigenvalue weighted by Gasteiger charge is 2.19. The summed E-state index contributed by atoms with van der Waals surface area (Å²) in [6, 6.07) is 34.3. The van der Waals surface area contributed by atoms with Crippen molar-refractivity contribution in [3.63, 3.8) is 0 Å².